The molecule has 0 aromatic heterocycles. The van der Waals surface area contributed by atoms with E-state index in [0.29, 0.717) is 5.56 Å². The number of para-hydroxylation sites is 1. The molecule has 0 bridgehead atoms. The van der Waals surface area contributed by atoms with Gasteiger partial charge in [0.15, 0.2) is 0 Å². The van der Waals surface area contributed by atoms with Gasteiger partial charge in [-0.05, 0) is 36.8 Å². The lowest BCUT2D eigenvalue weighted by Crippen LogP contribution is -1.95. The summed E-state index contributed by atoms with van der Waals surface area (Å²) in [6.45, 7) is 1.72. The Hall–Kier alpha value is -1.96. The Bertz CT molecular complexity index is 647. The van der Waals surface area contributed by atoms with Crippen molar-refractivity contribution in [3.05, 3.63) is 53.6 Å². The molecular formula is C16H15NO2S. The van der Waals surface area contributed by atoms with Gasteiger partial charge < -0.3 is 9.84 Å². The summed E-state index contributed by atoms with van der Waals surface area (Å²) in [6, 6.07) is 15.1. The van der Waals surface area contributed by atoms with E-state index in [4.69, 9.17) is 10.00 Å². The summed E-state index contributed by atoms with van der Waals surface area (Å²) in [6.07, 6.45) is -0.583. The third-order valence-electron chi connectivity index (χ3n) is 2.88. The number of hydrogen-bond acceptors (Lipinski definition) is 4. The first-order valence-electron chi connectivity index (χ1n) is 6.18. The summed E-state index contributed by atoms with van der Waals surface area (Å²) in [7, 11) is 1.63. The van der Waals surface area contributed by atoms with Crippen LogP contribution in [-0.2, 0) is 0 Å². The molecule has 2 aromatic carbocycles. The molecule has 0 saturated heterocycles. The van der Waals surface area contributed by atoms with E-state index in [0.717, 1.165) is 21.1 Å². The molecule has 0 aliphatic rings. The van der Waals surface area contributed by atoms with Crippen molar-refractivity contribution in [3.8, 4) is 11.8 Å². The quantitative estimate of drug-likeness (QED) is 0.929. The van der Waals surface area contributed by atoms with Crippen molar-refractivity contribution in [2.75, 3.05) is 7.11 Å². The van der Waals surface area contributed by atoms with Gasteiger partial charge >= 0.3 is 0 Å². The largest absolute Gasteiger partial charge is 0.496 e. The molecule has 0 radical (unpaired) electrons. The maximum atomic E-state index is 9.85. The van der Waals surface area contributed by atoms with Gasteiger partial charge in [-0.1, -0.05) is 30.0 Å². The van der Waals surface area contributed by atoms with Crippen LogP contribution in [0.5, 0.6) is 5.75 Å². The lowest BCUT2D eigenvalue weighted by atomic mass is 10.1. The number of hydrogen-bond donors (Lipinski definition) is 1. The summed E-state index contributed by atoms with van der Waals surface area (Å²) in [5.74, 6) is 0.774. The molecule has 2 aromatic rings. The summed E-state index contributed by atoms with van der Waals surface area (Å²) in [5.41, 5.74) is 1.38. The fourth-order valence-electron chi connectivity index (χ4n) is 1.86. The molecule has 0 aliphatic carbocycles. The van der Waals surface area contributed by atoms with Gasteiger partial charge in [0.05, 0.1) is 29.7 Å². The van der Waals surface area contributed by atoms with Crippen molar-refractivity contribution in [1.82, 2.24) is 0 Å². The zero-order chi connectivity index (χ0) is 14.5. The van der Waals surface area contributed by atoms with Crippen LogP contribution >= 0.6 is 11.8 Å². The number of benzene rings is 2. The SMILES string of the molecule is COc1ccccc1Sc1cc(C#N)ccc1[C@@H](C)O. The molecule has 3 nitrogen and oxygen atoms in total. The van der Waals surface area contributed by atoms with Crippen LogP contribution in [-0.4, -0.2) is 12.2 Å². The topological polar surface area (TPSA) is 53.2 Å². The van der Waals surface area contributed by atoms with Gasteiger partial charge in [0, 0.05) is 4.90 Å². The standard InChI is InChI=1S/C16H15NO2S/c1-11(18)13-8-7-12(10-17)9-16(13)20-15-6-4-3-5-14(15)19-2/h3-9,11,18H,1-2H3/t11-/m1/s1. The van der Waals surface area contributed by atoms with Crippen LogP contribution in [0.4, 0.5) is 0 Å². The predicted octanol–water partition coefficient (Wildman–Crippen LogP) is 3.77. The molecule has 1 atom stereocenters. The van der Waals surface area contributed by atoms with E-state index >= 15 is 0 Å². The molecule has 4 heteroatoms. The van der Waals surface area contributed by atoms with E-state index in [1.807, 2.05) is 24.3 Å². The molecular weight excluding hydrogens is 270 g/mol. The molecule has 2 rings (SSSR count). The van der Waals surface area contributed by atoms with Gasteiger partial charge in [0.2, 0.25) is 0 Å². The average Bonchev–Trinajstić information content (AvgIpc) is 2.47. The summed E-state index contributed by atoms with van der Waals surface area (Å²) < 4.78 is 5.33. The minimum absolute atomic E-state index is 0.576. The smallest absolute Gasteiger partial charge is 0.132 e. The molecule has 0 spiro atoms. The second-order valence-corrected chi connectivity index (χ2v) is 5.38. The van der Waals surface area contributed by atoms with E-state index in [-0.39, 0.29) is 0 Å². The fraction of sp³-hybridized carbons (Fsp3) is 0.188. The normalized spacial score (nSPS) is 11.7. The Morgan fingerprint density at radius 2 is 1.95 bits per heavy atom. The van der Waals surface area contributed by atoms with Crippen LogP contribution < -0.4 is 4.74 Å². The third kappa shape index (κ3) is 3.13. The van der Waals surface area contributed by atoms with E-state index < -0.39 is 6.10 Å². The number of nitriles is 1. The van der Waals surface area contributed by atoms with Crippen LogP contribution in [0.25, 0.3) is 0 Å². The minimum Gasteiger partial charge on any atom is -0.496 e. The second-order valence-electron chi connectivity index (χ2n) is 4.29. The fourth-order valence-corrected chi connectivity index (χ4v) is 3.04. The van der Waals surface area contributed by atoms with Crippen LogP contribution in [0.15, 0.2) is 52.3 Å². The van der Waals surface area contributed by atoms with Crippen molar-refractivity contribution in [2.45, 2.75) is 22.8 Å². The zero-order valence-corrected chi connectivity index (χ0v) is 12.1. The predicted molar refractivity (Wildman–Crippen MR) is 78.9 cm³/mol. The molecule has 1 N–H and O–H groups in total. The molecule has 0 saturated carbocycles. The molecule has 0 amide bonds. The number of aliphatic hydroxyl groups is 1. The zero-order valence-electron chi connectivity index (χ0n) is 11.3. The highest BCUT2D eigenvalue weighted by Gasteiger charge is 2.12. The molecule has 102 valence electrons. The Labute approximate surface area is 122 Å². The molecule has 0 aliphatic heterocycles. The Kier molecular flexibility index (Phi) is 4.67. The first kappa shape index (κ1) is 14.4. The number of aliphatic hydroxyl groups excluding tert-OH is 1. The summed E-state index contributed by atoms with van der Waals surface area (Å²) in [4.78, 5) is 1.82. The summed E-state index contributed by atoms with van der Waals surface area (Å²) >= 11 is 1.49. The van der Waals surface area contributed by atoms with E-state index in [2.05, 4.69) is 6.07 Å². The van der Waals surface area contributed by atoms with Crippen molar-refractivity contribution >= 4 is 11.8 Å². The maximum Gasteiger partial charge on any atom is 0.132 e. The Balaban J connectivity index is 2.44. The van der Waals surface area contributed by atoms with Crippen molar-refractivity contribution in [1.29, 1.82) is 5.26 Å². The average molecular weight is 285 g/mol. The number of nitrogens with zero attached hydrogens (tertiary/aromatic N) is 1. The van der Waals surface area contributed by atoms with Gasteiger partial charge in [-0.25, -0.2) is 0 Å². The molecule has 0 heterocycles. The van der Waals surface area contributed by atoms with Gasteiger partial charge in [-0.2, -0.15) is 5.26 Å². The Morgan fingerprint density at radius 1 is 1.20 bits per heavy atom. The van der Waals surface area contributed by atoms with Gasteiger partial charge in [-0.3, -0.25) is 0 Å². The summed E-state index contributed by atoms with van der Waals surface area (Å²) in [5, 5.41) is 18.9. The number of methoxy groups -OCH3 is 1. The first-order chi connectivity index (χ1) is 9.65. The third-order valence-corrected chi connectivity index (χ3v) is 4.01. The van der Waals surface area contributed by atoms with Crippen LogP contribution in [0.3, 0.4) is 0 Å². The monoisotopic (exact) mass is 285 g/mol. The van der Waals surface area contributed by atoms with E-state index in [1.165, 1.54) is 11.8 Å². The highest BCUT2D eigenvalue weighted by atomic mass is 32.2. The molecule has 0 fully saturated rings. The number of ether oxygens (including phenoxy) is 1. The van der Waals surface area contributed by atoms with Crippen LogP contribution in [0.2, 0.25) is 0 Å². The number of rotatable bonds is 4. The van der Waals surface area contributed by atoms with Gasteiger partial charge in [0.1, 0.15) is 5.75 Å². The van der Waals surface area contributed by atoms with Crippen molar-refractivity contribution < 1.29 is 9.84 Å². The second kappa shape index (κ2) is 6.47. The van der Waals surface area contributed by atoms with Crippen molar-refractivity contribution in [3.63, 3.8) is 0 Å². The van der Waals surface area contributed by atoms with Gasteiger partial charge in [-0.15, -0.1) is 0 Å². The van der Waals surface area contributed by atoms with Crippen LogP contribution in [0, 0.1) is 11.3 Å². The van der Waals surface area contributed by atoms with Crippen LogP contribution in [0.1, 0.15) is 24.2 Å². The minimum atomic E-state index is -0.583. The highest BCUT2D eigenvalue weighted by Crippen LogP contribution is 2.38. The van der Waals surface area contributed by atoms with E-state index in [1.54, 1.807) is 32.2 Å². The lowest BCUT2D eigenvalue weighted by molar-refractivity contribution is 0.196. The highest BCUT2D eigenvalue weighted by molar-refractivity contribution is 7.99. The first-order valence-corrected chi connectivity index (χ1v) is 7.00. The Morgan fingerprint density at radius 3 is 2.60 bits per heavy atom. The lowest BCUT2D eigenvalue weighted by Gasteiger charge is -2.13. The van der Waals surface area contributed by atoms with E-state index in [9.17, 15) is 5.11 Å². The molecule has 20 heavy (non-hydrogen) atoms. The van der Waals surface area contributed by atoms with Gasteiger partial charge in [0.25, 0.3) is 0 Å². The van der Waals surface area contributed by atoms with Crippen molar-refractivity contribution in [2.24, 2.45) is 0 Å². The molecule has 0 unspecified atom stereocenters. The maximum absolute atomic E-state index is 9.85.